The molecule has 0 aliphatic carbocycles. The lowest BCUT2D eigenvalue weighted by molar-refractivity contribution is 0.131. The van der Waals surface area contributed by atoms with Gasteiger partial charge in [-0.25, -0.2) is 9.97 Å². The van der Waals surface area contributed by atoms with Crippen LogP contribution in [-0.4, -0.2) is 46.7 Å². The van der Waals surface area contributed by atoms with Gasteiger partial charge in [0, 0.05) is 48.1 Å². The van der Waals surface area contributed by atoms with E-state index >= 15 is 0 Å². The molecule has 0 amide bonds. The summed E-state index contributed by atoms with van der Waals surface area (Å²) in [6, 6.07) is 5.76. The van der Waals surface area contributed by atoms with E-state index in [2.05, 4.69) is 9.88 Å². The van der Waals surface area contributed by atoms with E-state index in [-0.39, 0.29) is 11.5 Å². The Bertz CT molecular complexity index is 1070. The maximum Gasteiger partial charge on any atom is 0.211 e. The number of benzene rings is 1. The number of imidazole rings is 1. The Morgan fingerprint density at radius 2 is 2.03 bits per heavy atom. The highest BCUT2D eigenvalue weighted by Gasteiger charge is 2.44. The maximum atomic E-state index is 6.51. The zero-order valence-corrected chi connectivity index (χ0v) is 17.7. The highest BCUT2D eigenvalue weighted by atomic mass is 35.5. The number of anilines is 1. The second kappa shape index (κ2) is 7.13. The van der Waals surface area contributed by atoms with Crippen LogP contribution in [0.25, 0.3) is 16.8 Å². The second-order valence-corrected chi connectivity index (χ2v) is 8.85. The summed E-state index contributed by atoms with van der Waals surface area (Å²) in [6.45, 7) is 5.22. The Morgan fingerprint density at radius 3 is 2.76 bits per heavy atom. The van der Waals surface area contributed by atoms with E-state index < -0.39 is 0 Å². The number of hydrogen-bond donors (Lipinski definition) is 1. The van der Waals surface area contributed by atoms with Crippen molar-refractivity contribution in [3.8, 4) is 11.1 Å². The Morgan fingerprint density at radius 1 is 1.24 bits per heavy atom. The minimum atomic E-state index is 0.105. The van der Waals surface area contributed by atoms with E-state index in [4.69, 9.17) is 38.7 Å². The smallest absolute Gasteiger partial charge is 0.211 e. The van der Waals surface area contributed by atoms with Crippen LogP contribution >= 0.6 is 23.2 Å². The quantitative estimate of drug-likeness (QED) is 0.664. The molecular formula is C21H23Cl2N5O. The minimum Gasteiger partial charge on any atom is -0.379 e. The molecule has 2 aromatic heterocycles. The van der Waals surface area contributed by atoms with E-state index in [0.717, 1.165) is 61.0 Å². The molecule has 2 aliphatic heterocycles. The molecule has 3 aromatic rings. The number of nitrogens with two attached hydrogens (primary N) is 1. The molecule has 1 aromatic carbocycles. The number of nitrogens with zero attached hydrogens (tertiary/aromatic N) is 4. The normalized spacial score (nSPS) is 21.4. The average Bonchev–Trinajstić information content (AvgIpc) is 3.33. The Hall–Kier alpha value is -1.86. The lowest BCUT2D eigenvalue weighted by Crippen LogP contribution is -2.49. The van der Waals surface area contributed by atoms with Crippen LogP contribution < -0.4 is 10.6 Å². The maximum absolute atomic E-state index is 6.51. The number of aryl methyl sites for hydroxylation is 1. The molecule has 0 saturated carbocycles. The van der Waals surface area contributed by atoms with Gasteiger partial charge in [0.05, 0.1) is 29.0 Å². The number of rotatable bonds is 2. The van der Waals surface area contributed by atoms with Gasteiger partial charge in [-0.15, -0.1) is 0 Å². The molecule has 2 fully saturated rings. The van der Waals surface area contributed by atoms with Gasteiger partial charge in [0.25, 0.3) is 0 Å². The van der Waals surface area contributed by atoms with Crippen LogP contribution in [0, 0.1) is 12.3 Å². The third kappa shape index (κ3) is 3.01. The molecule has 4 heterocycles. The van der Waals surface area contributed by atoms with Gasteiger partial charge < -0.3 is 15.4 Å². The molecule has 5 rings (SSSR count). The zero-order valence-electron chi connectivity index (χ0n) is 16.2. The number of piperidine rings is 1. The topological polar surface area (TPSA) is 68.7 Å². The molecule has 29 heavy (non-hydrogen) atoms. The van der Waals surface area contributed by atoms with E-state index in [0.29, 0.717) is 16.7 Å². The van der Waals surface area contributed by atoms with E-state index in [1.54, 1.807) is 12.3 Å². The van der Waals surface area contributed by atoms with E-state index in [1.807, 2.05) is 29.7 Å². The summed E-state index contributed by atoms with van der Waals surface area (Å²) in [5.74, 6) is 0.902. The van der Waals surface area contributed by atoms with Crippen LogP contribution in [0.5, 0.6) is 0 Å². The fourth-order valence-electron chi connectivity index (χ4n) is 4.65. The second-order valence-electron chi connectivity index (χ2n) is 8.07. The van der Waals surface area contributed by atoms with Gasteiger partial charge in [-0.05, 0) is 25.8 Å². The number of aromatic nitrogens is 3. The molecule has 152 valence electrons. The molecule has 8 heteroatoms. The number of hydrogen-bond acceptors (Lipinski definition) is 5. The molecule has 2 aliphatic rings. The third-order valence-electron chi connectivity index (χ3n) is 6.45. The predicted octanol–water partition coefficient (Wildman–Crippen LogP) is 3.96. The molecule has 1 spiro atoms. The summed E-state index contributed by atoms with van der Waals surface area (Å²) in [7, 11) is 0. The zero-order chi connectivity index (χ0) is 20.2. The first kappa shape index (κ1) is 19.1. The fourth-order valence-corrected chi connectivity index (χ4v) is 5.04. The largest absolute Gasteiger partial charge is 0.379 e. The molecular weight excluding hydrogens is 409 g/mol. The minimum absolute atomic E-state index is 0.105. The summed E-state index contributed by atoms with van der Waals surface area (Å²) in [4.78, 5) is 11.9. The van der Waals surface area contributed by atoms with Gasteiger partial charge in [-0.2, -0.15) is 0 Å². The van der Waals surface area contributed by atoms with Gasteiger partial charge in [-0.3, -0.25) is 4.40 Å². The number of fused-ring (bicyclic) bond motifs is 1. The summed E-state index contributed by atoms with van der Waals surface area (Å²) < 4.78 is 7.70. The number of halogens is 2. The first-order valence-electron chi connectivity index (χ1n) is 9.86. The van der Waals surface area contributed by atoms with Crippen molar-refractivity contribution in [2.24, 2.45) is 11.1 Å². The van der Waals surface area contributed by atoms with Crippen LogP contribution in [0.2, 0.25) is 10.0 Å². The van der Waals surface area contributed by atoms with Gasteiger partial charge >= 0.3 is 0 Å². The molecule has 6 nitrogen and oxygen atoms in total. The molecule has 0 radical (unpaired) electrons. The SMILES string of the molecule is Cc1nc(N2CCC3(CC2)COC[C@H]3N)n2ccnc2c1-c1cccc(Cl)c1Cl. The van der Waals surface area contributed by atoms with Crippen molar-refractivity contribution in [1.29, 1.82) is 0 Å². The van der Waals surface area contributed by atoms with Crippen molar-refractivity contribution in [2.75, 3.05) is 31.2 Å². The first-order chi connectivity index (χ1) is 14.0. The molecule has 0 unspecified atom stereocenters. The van der Waals surface area contributed by atoms with Crippen molar-refractivity contribution in [1.82, 2.24) is 14.4 Å². The van der Waals surface area contributed by atoms with Crippen LogP contribution in [-0.2, 0) is 4.74 Å². The van der Waals surface area contributed by atoms with Crippen LogP contribution in [0.3, 0.4) is 0 Å². The van der Waals surface area contributed by atoms with E-state index in [1.165, 1.54) is 0 Å². The molecule has 2 saturated heterocycles. The van der Waals surface area contributed by atoms with Gasteiger partial charge in [0.15, 0.2) is 0 Å². The Kier molecular flexibility index (Phi) is 4.70. The van der Waals surface area contributed by atoms with Gasteiger partial charge in [0.1, 0.15) is 5.65 Å². The lowest BCUT2D eigenvalue weighted by atomic mass is 9.75. The van der Waals surface area contributed by atoms with E-state index in [9.17, 15) is 0 Å². The van der Waals surface area contributed by atoms with Crippen molar-refractivity contribution in [3.05, 3.63) is 46.3 Å². The Balaban J connectivity index is 1.54. The first-order valence-corrected chi connectivity index (χ1v) is 10.6. The number of ether oxygens (including phenoxy) is 1. The van der Waals surface area contributed by atoms with Crippen LogP contribution in [0.15, 0.2) is 30.6 Å². The van der Waals surface area contributed by atoms with Gasteiger partial charge in [-0.1, -0.05) is 35.3 Å². The van der Waals surface area contributed by atoms with Crippen LogP contribution in [0.1, 0.15) is 18.5 Å². The fraction of sp³-hybridized carbons (Fsp3) is 0.429. The van der Waals surface area contributed by atoms with Crippen molar-refractivity contribution in [2.45, 2.75) is 25.8 Å². The third-order valence-corrected chi connectivity index (χ3v) is 7.26. The standard InChI is InChI=1S/C21H23Cl2N5O/c1-13-17(14-3-2-4-15(22)18(14)23)19-25-7-10-28(19)20(26-13)27-8-5-21(6-9-27)12-29-11-16(21)24/h2-4,7,10,16H,5-6,8-9,11-12,24H2,1H3/t16-/m1/s1. The highest BCUT2D eigenvalue weighted by Crippen LogP contribution is 2.41. The predicted molar refractivity (Wildman–Crippen MR) is 116 cm³/mol. The molecule has 0 bridgehead atoms. The lowest BCUT2D eigenvalue weighted by Gasteiger charge is -2.41. The van der Waals surface area contributed by atoms with Gasteiger partial charge in [0.2, 0.25) is 5.95 Å². The Labute approximate surface area is 179 Å². The van der Waals surface area contributed by atoms with Crippen LogP contribution in [0.4, 0.5) is 5.95 Å². The monoisotopic (exact) mass is 431 g/mol. The highest BCUT2D eigenvalue weighted by molar-refractivity contribution is 6.43. The molecule has 2 N–H and O–H groups in total. The summed E-state index contributed by atoms with van der Waals surface area (Å²) in [5, 5.41) is 1.04. The van der Waals surface area contributed by atoms with Crippen molar-refractivity contribution < 1.29 is 4.74 Å². The van der Waals surface area contributed by atoms with Crippen molar-refractivity contribution >= 4 is 34.8 Å². The summed E-state index contributed by atoms with van der Waals surface area (Å²) >= 11 is 12.8. The molecule has 1 atom stereocenters. The van der Waals surface area contributed by atoms with Crippen molar-refractivity contribution in [3.63, 3.8) is 0 Å². The summed E-state index contributed by atoms with van der Waals surface area (Å²) in [5.41, 5.74) is 9.91. The summed E-state index contributed by atoms with van der Waals surface area (Å²) in [6.07, 6.45) is 5.77. The average molecular weight is 432 g/mol.